The van der Waals surface area contributed by atoms with E-state index in [0.717, 1.165) is 28.3 Å². The molecule has 0 radical (unpaired) electrons. The van der Waals surface area contributed by atoms with Gasteiger partial charge in [-0.3, -0.25) is 4.79 Å². The Labute approximate surface area is 159 Å². The van der Waals surface area contributed by atoms with E-state index in [4.69, 9.17) is 4.74 Å². The number of amides is 3. The summed E-state index contributed by atoms with van der Waals surface area (Å²) in [5.41, 5.74) is 3.73. The molecule has 1 atom stereocenters. The predicted molar refractivity (Wildman–Crippen MR) is 106 cm³/mol. The summed E-state index contributed by atoms with van der Waals surface area (Å²) in [5.74, 6) is 0.770. The minimum atomic E-state index is -0.300. The molecule has 2 aromatic rings. The standard InChI is InChI=1S/C21H25N3O3/c1-4-27-19-7-5-18(6-8-19)24-13-17(12-20(24)25)23-21(26)22-16-10-14(2)9-15(3)11-16/h5-11,17H,4,12-13H2,1-3H3,(H2,22,23,26)/t17-/m1/s1. The maximum atomic E-state index is 12.3. The van der Waals surface area contributed by atoms with Gasteiger partial charge in [0.05, 0.1) is 12.6 Å². The van der Waals surface area contributed by atoms with E-state index in [0.29, 0.717) is 13.2 Å². The van der Waals surface area contributed by atoms with Crippen LogP contribution in [0, 0.1) is 13.8 Å². The third-order valence-electron chi connectivity index (χ3n) is 4.40. The first-order chi connectivity index (χ1) is 12.9. The largest absolute Gasteiger partial charge is 0.494 e. The number of carbonyl (C=O) groups is 2. The van der Waals surface area contributed by atoms with Crippen LogP contribution in [0.4, 0.5) is 16.2 Å². The molecule has 3 rings (SSSR count). The summed E-state index contributed by atoms with van der Waals surface area (Å²) < 4.78 is 5.43. The highest BCUT2D eigenvalue weighted by molar-refractivity contribution is 5.97. The van der Waals surface area contributed by atoms with Gasteiger partial charge in [-0.2, -0.15) is 0 Å². The molecule has 1 fully saturated rings. The van der Waals surface area contributed by atoms with Crippen molar-refractivity contribution in [2.75, 3.05) is 23.4 Å². The van der Waals surface area contributed by atoms with Gasteiger partial charge in [0.25, 0.3) is 0 Å². The number of benzene rings is 2. The normalized spacial score (nSPS) is 16.3. The third-order valence-corrected chi connectivity index (χ3v) is 4.40. The smallest absolute Gasteiger partial charge is 0.319 e. The summed E-state index contributed by atoms with van der Waals surface area (Å²) in [7, 11) is 0. The third kappa shape index (κ3) is 4.78. The van der Waals surface area contributed by atoms with Crippen LogP contribution in [0.1, 0.15) is 24.5 Å². The van der Waals surface area contributed by atoms with E-state index in [2.05, 4.69) is 10.6 Å². The van der Waals surface area contributed by atoms with Crippen LogP contribution in [0.25, 0.3) is 0 Å². The number of anilines is 2. The molecule has 0 saturated carbocycles. The Morgan fingerprint density at radius 3 is 2.44 bits per heavy atom. The van der Waals surface area contributed by atoms with Gasteiger partial charge in [-0.1, -0.05) is 6.07 Å². The second-order valence-corrected chi connectivity index (χ2v) is 6.81. The molecule has 6 nitrogen and oxygen atoms in total. The van der Waals surface area contributed by atoms with Crippen molar-refractivity contribution in [3.05, 3.63) is 53.6 Å². The quantitative estimate of drug-likeness (QED) is 0.848. The van der Waals surface area contributed by atoms with Gasteiger partial charge in [-0.15, -0.1) is 0 Å². The van der Waals surface area contributed by atoms with Crippen molar-refractivity contribution in [2.24, 2.45) is 0 Å². The van der Waals surface area contributed by atoms with E-state index in [9.17, 15) is 9.59 Å². The van der Waals surface area contributed by atoms with Crippen molar-refractivity contribution >= 4 is 23.3 Å². The Morgan fingerprint density at radius 2 is 1.81 bits per heavy atom. The first-order valence-corrected chi connectivity index (χ1v) is 9.13. The molecule has 142 valence electrons. The molecule has 2 aromatic carbocycles. The number of nitrogens with one attached hydrogen (secondary N) is 2. The maximum absolute atomic E-state index is 12.3. The van der Waals surface area contributed by atoms with Gasteiger partial charge in [-0.25, -0.2) is 4.79 Å². The Bertz CT molecular complexity index is 813. The zero-order chi connectivity index (χ0) is 19.4. The van der Waals surface area contributed by atoms with Crippen LogP contribution in [0.5, 0.6) is 5.75 Å². The molecule has 1 aliphatic heterocycles. The van der Waals surface area contributed by atoms with E-state index < -0.39 is 0 Å². The first-order valence-electron chi connectivity index (χ1n) is 9.13. The highest BCUT2D eigenvalue weighted by Gasteiger charge is 2.31. The topological polar surface area (TPSA) is 70.7 Å². The number of nitrogens with zero attached hydrogens (tertiary/aromatic N) is 1. The zero-order valence-corrected chi connectivity index (χ0v) is 15.9. The number of ether oxygens (including phenoxy) is 1. The SMILES string of the molecule is CCOc1ccc(N2C[C@H](NC(=O)Nc3cc(C)cc(C)c3)CC2=O)cc1. The van der Waals surface area contributed by atoms with Crippen LogP contribution < -0.4 is 20.3 Å². The summed E-state index contributed by atoms with van der Waals surface area (Å²) in [5, 5.41) is 5.74. The molecule has 1 aliphatic rings. The van der Waals surface area contributed by atoms with Gasteiger partial charge in [-0.05, 0) is 68.3 Å². The molecular weight excluding hydrogens is 342 g/mol. The van der Waals surface area contributed by atoms with E-state index in [1.54, 1.807) is 4.90 Å². The van der Waals surface area contributed by atoms with Crippen LogP contribution in [0.2, 0.25) is 0 Å². The summed E-state index contributed by atoms with van der Waals surface area (Å²) in [6.07, 6.45) is 0.285. The van der Waals surface area contributed by atoms with Crippen molar-refractivity contribution in [3.8, 4) is 5.75 Å². The second kappa shape index (κ2) is 8.12. The molecule has 1 saturated heterocycles. The van der Waals surface area contributed by atoms with Gasteiger partial charge in [0.1, 0.15) is 5.75 Å². The van der Waals surface area contributed by atoms with Crippen molar-refractivity contribution in [2.45, 2.75) is 33.2 Å². The lowest BCUT2D eigenvalue weighted by atomic mass is 10.1. The van der Waals surface area contributed by atoms with E-state index in [1.807, 2.05) is 63.2 Å². The van der Waals surface area contributed by atoms with Gasteiger partial charge < -0.3 is 20.3 Å². The Hall–Kier alpha value is -3.02. The summed E-state index contributed by atoms with van der Waals surface area (Å²) in [4.78, 5) is 26.3. The average Bonchev–Trinajstić information content (AvgIpc) is 2.95. The molecule has 0 unspecified atom stereocenters. The fourth-order valence-electron chi connectivity index (χ4n) is 3.34. The molecule has 1 heterocycles. The molecule has 0 spiro atoms. The van der Waals surface area contributed by atoms with Crippen molar-refractivity contribution in [3.63, 3.8) is 0 Å². The van der Waals surface area contributed by atoms with Gasteiger partial charge in [0.2, 0.25) is 5.91 Å². The minimum Gasteiger partial charge on any atom is -0.494 e. The van der Waals surface area contributed by atoms with Crippen molar-refractivity contribution < 1.29 is 14.3 Å². The molecule has 0 bridgehead atoms. The van der Waals surface area contributed by atoms with Crippen molar-refractivity contribution in [1.82, 2.24) is 5.32 Å². The lowest BCUT2D eigenvalue weighted by Crippen LogP contribution is -2.39. The van der Waals surface area contributed by atoms with Crippen LogP contribution in [-0.4, -0.2) is 31.1 Å². The lowest BCUT2D eigenvalue weighted by Gasteiger charge is -2.18. The molecule has 0 aromatic heterocycles. The monoisotopic (exact) mass is 367 g/mol. The Morgan fingerprint density at radius 1 is 1.15 bits per heavy atom. The summed E-state index contributed by atoms with van der Waals surface area (Å²) in [6.45, 7) is 6.95. The van der Waals surface area contributed by atoms with Crippen LogP contribution in [-0.2, 0) is 4.79 Å². The van der Waals surface area contributed by atoms with Crippen molar-refractivity contribution in [1.29, 1.82) is 0 Å². The zero-order valence-electron chi connectivity index (χ0n) is 15.9. The first kappa shape index (κ1) is 18.8. The molecular formula is C21H25N3O3. The number of carbonyl (C=O) groups excluding carboxylic acids is 2. The molecule has 0 aliphatic carbocycles. The van der Waals surface area contributed by atoms with E-state index >= 15 is 0 Å². The van der Waals surface area contributed by atoms with Gasteiger partial charge >= 0.3 is 6.03 Å². The fourth-order valence-corrected chi connectivity index (χ4v) is 3.34. The number of rotatable bonds is 5. The second-order valence-electron chi connectivity index (χ2n) is 6.81. The number of hydrogen-bond acceptors (Lipinski definition) is 3. The number of aryl methyl sites for hydroxylation is 2. The minimum absolute atomic E-state index is 0.00383. The summed E-state index contributed by atoms with van der Waals surface area (Å²) in [6, 6.07) is 12.8. The molecule has 27 heavy (non-hydrogen) atoms. The summed E-state index contributed by atoms with van der Waals surface area (Å²) >= 11 is 0. The average molecular weight is 367 g/mol. The number of hydrogen-bond donors (Lipinski definition) is 2. The Balaban J connectivity index is 1.59. The van der Waals surface area contributed by atoms with Gasteiger partial charge in [0, 0.05) is 24.3 Å². The van der Waals surface area contributed by atoms with Gasteiger partial charge in [0.15, 0.2) is 0 Å². The molecule has 2 N–H and O–H groups in total. The van der Waals surface area contributed by atoms with Crippen LogP contribution >= 0.6 is 0 Å². The Kier molecular flexibility index (Phi) is 5.64. The van der Waals surface area contributed by atoms with Crippen LogP contribution in [0.15, 0.2) is 42.5 Å². The highest BCUT2D eigenvalue weighted by Crippen LogP contribution is 2.24. The highest BCUT2D eigenvalue weighted by atomic mass is 16.5. The molecule has 6 heteroatoms. The number of urea groups is 1. The van der Waals surface area contributed by atoms with E-state index in [1.165, 1.54) is 0 Å². The lowest BCUT2D eigenvalue weighted by molar-refractivity contribution is -0.117. The maximum Gasteiger partial charge on any atom is 0.319 e. The van der Waals surface area contributed by atoms with E-state index in [-0.39, 0.29) is 24.4 Å². The van der Waals surface area contributed by atoms with Crippen LogP contribution in [0.3, 0.4) is 0 Å². The molecule has 3 amide bonds. The predicted octanol–water partition coefficient (Wildman–Crippen LogP) is 3.63. The fraction of sp³-hybridized carbons (Fsp3) is 0.333.